The number of nitrogens with two attached hydrogens (primary N) is 1. The lowest BCUT2D eigenvalue weighted by Crippen LogP contribution is -2.13. The molecule has 0 bridgehead atoms. The van der Waals surface area contributed by atoms with Crippen molar-refractivity contribution in [2.24, 2.45) is 5.73 Å². The average molecular weight is 209 g/mol. The average Bonchev–Trinajstić information content (AvgIpc) is 2.31. The van der Waals surface area contributed by atoms with Crippen LogP contribution in [0.15, 0.2) is 0 Å². The van der Waals surface area contributed by atoms with Crippen molar-refractivity contribution in [1.82, 2.24) is 0 Å². The van der Waals surface area contributed by atoms with Gasteiger partial charge in [-0.1, -0.05) is 6.42 Å². The summed E-state index contributed by atoms with van der Waals surface area (Å²) in [4.78, 5) is 13.8. The molecule has 0 radical (unpaired) electrons. The third-order valence-electron chi connectivity index (χ3n) is 2.84. The Bertz CT molecular complexity index is 368. The van der Waals surface area contributed by atoms with Crippen LogP contribution in [-0.4, -0.2) is 5.91 Å². The Morgan fingerprint density at radius 1 is 1.29 bits per heavy atom. The van der Waals surface area contributed by atoms with E-state index in [0.717, 1.165) is 23.3 Å². The molecule has 2 nitrogen and oxygen atoms in total. The first kappa shape index (κ1) is 9.71. The summed E-state index contributed by atoms with van der Waals surface area (Å²) in [5.41, 5.74) is 7.46. The first-order valence-corrected chi connectivity index (χ1v) is 5.92. The Kier molecular flexibility index (Phi) is 2.59. The van der Waals surface area contributed by atoms with Crippen molar-refractivity contribution in [3.05, 3.63) is 20.9 Å². The fourth-order valence-corrected chi connectivity index (χ4v) is 3.47. The van der Waals surface area contributed by atoms with Crippen LogP contribution in [0.5, 0.6) is 0 Å². The van der Waals surface area contributed by atoms with Crippen LogP contribution in [0.25, 0.3) is 0 Å². The topological polar surface area (TPSA) is 43.1 Å². The second-order valence-electron chi connectivity index (χ2n) is 3.86. The van der Waals surface area contributed by atoms with Crippen molar-refractivity contribution >= 4 is 17.2 Å². The molecule has 3 heteroatoms. The lowest BCUT2D eigenvalue weighted by molar-refractivity contribution is 0.0999. The quantitative estimate of drug-likeness (QED) is 0.709. The molecule has 0 saturated heterocycles. The molecule has 1 aromatic heterocycles. The summed E-state index contributed by atoms with van der Waals surface area (Å²) in [6.45, 7) is 2.00. The first-order chi connectivity index (χ1) is 6.70. The number of primary amides is 1. The van der Waals surface area contributed by atoms with E-state index in [1.165, 1.54) is 29.7 Å². The molecule has 1 heterocycles. The van der Waals surface area contributed by atoms with E-state index in [1.807, 2.05) is 6.92 Å². The number of thiophene rings is 1. The Balaban J connectivity index is 2.49. The highest BCUT2D eigenvalue weighted by atomic mass is 32.1. The summed E-state index contributed by atoms with van der Waals surface area (Å²) in [6.07, 6.45) is 5.90. The highest BCUT2D eigenvalue weighted by Gasteiger charge is 2.20. The SMILES string of the molecule is Cc1sc2c(c1C(N)=O)CCCCC2. The molecule has 0 aromatic carbocycles. The molecule has 0 atom stereocenters. The van der Waals surface area contributed by atoms with E-state index in [0.29, 0.717) is 0 Å². The number of carbonyl (C=O) groups is 1. The minimum Gasteiger partial charge on any atom is -0.366 e. The van der Waals surface area contributed by atoms with Crippen molar-refractivity contribution in [2.75, 3.05) is 0 Å². The number of fused-ring (bicyclic) bond motifs is 1. The molecule has 1 aliphatic carbocycles. The molecule has 76 valence electrons. The smallest absolute Gasteiger partial charge is 0.250 e. The number of aryl methyl sites for hydroxylation is 2. The van der Waals surface area contributed by atoms with Gasteiger partial charge in [0.15, 0.2) is 0 Å². The van der Waals surface area contributed by atoms with Crippen molar-refractivity contribution < 1.29 is 4.79 Å². The maximum atomic E-state index is 11.3. The van der Waals surface area contributed by atoms with E-state index in [4.69, 9.17) is 5.73 Å². The summed E-state index contributed by atoms with van der Waals surface area (Å²) >= 11 is 1.76. The molecule has 2 rings (SSSR count). The summed E-state index contributed by atoms with van der Waals surface area (Å²) < 4.78 is 0. The van der Waals surface area contributed by atoms with Crippen LogP contribution in [0.4, 0.5) is 0 Å². The number of carbonyl (C=O) groups excluding carboxylic acids is 1. The van der Waals surface area contributed by atoms with Gasteiger partial charge in [0.25, 0.3) is 0 Å². The molecule has 0 fully saturated rings. The monoisotopic (exact) mass is 209 g/mol. The normalized spacial score (nSPS) is 16.1. The van der Waals surface area contributed by atoms with E-state index in [2.05, 4.69) is 0 Å². The van der Waals surface area contributed by atoms with E-state index in [1.54, 1.807) is 11.3 Å². The maximum Gasteiger partial charge on any atom is 0.250 e. The maximum absolute atomic E-state index is 11.3. The molecule has 2 N–H and O–H groups in total. The molecule has 1 aromatic rings. The Hall–Kier alpha value is -0.830. The third-order valence-corrected chi connectivity index (χ3v) is 4.05. The largest absolute Gasteiger partial charge is 0.366 e. The van der Waals surface area contributed by atoms with Gasteiger partial charge in [-0.25, -0.2) is 0 Å². The molecular formula is C11H15NOS. The first-order valence-electron chi connectivity index (χ1n) is 5.11. The van der Waals surface area contributed by atoms with Crippen molar-refractivity contribution in [1.29, 1.82) is 0 Å². The van der Waals surface area contributed by atoms with Gasteiger partial charge in [-0.15, -0.1) is 11.3 Å². The van der Waals surface area contributed by atoms with Crippen LogP contribution in [-0.2, 0) is 12.8 Å². The summed E-state index contributed by atoms with van der Waals surface area (Å²) in [5.74, 6) is -0.248. The Labute approximate surface area is 88.1 Å². The van der Waals surface area contributed by atoms with Gasteiger partial charge in [-0.05, 0) is 38.2 Å². The molecule has 1 amide bonds. The zero-order chi connectivity index (χ0) is 10.1. The fraction of sp³-hybridized carbons (Fsp3) is 0.545. The predicted molar refractivity (Wildman–Crippen MR) is 58.8 cm³/mol. The van der Waals surface area contributed by atoms with Gasteiger partial charge in [0, 0.05) is 9.75 Å². The van der Waals surface area contributed by atoms with Crippen molar-refractivity contribution in [3.63, 3.8) is 0 Å². The summed E-state index contributed by atoms with van der Waals surface area (Å²) in [6, 6.07) is 0. The van der Waals surface area contributed by atoms with E-state index in [9.17, 15) is 4.79 Å². The third kappa shape index (κ3) is 1.57. The summed E-state index contributed by atoms with van der Waals surface area (Å²) in [7, 11) is 0. The molecule has 0 spiro atoms. The van der Waals surface area contributed by atoms with Gasteiger partial charge in [0.1, 0.15) is 0 Å². The van der Waals surface area contributed by atoms with Crippen LogP contribution in [0.3, 0.4) is 0 Å². The fourth-order valence-electron chi connectivity index (χ4n) is 2.20. The van der Waals surface area contributed by atoms with E-state index >= 15 is 0 Å². The predicted octanol–water partition coefficient (Wildman–Crippen LogP) is 2.42. The molecule has 0 aliphatic heterocycles. The minimum atomic E-state index is -0.248. The Morgan fingerprint density at radius 2 is 2.00 bits per heavy atom. The van der Waals surface area contributed by atoms with Gasteiger partial charge < -0.3 is 5.73 Å². The Morgan fingerprint density at radius 3 is 2.71 bits per heavy atom. The van der Waals surface area contributed by atoms with Crippen molar-refractivity contribution in [2.45, 2.75) is 39.0 Å². The van der Waals surface area contributed by atoms with E-state index < -0.39 is 0 Å². The lowest BCUT2D eigenvalue weighted by atomic mass is 10.0. The van der Waals surface area contributed by atoms with Crippen LogP contribution >= 0.6 is 11.3 Å². The number of amides is 1. The second-order valence-corrected chi connectivity index (χ2v) is 5.17. The highest BCUT2D eigenvalue weighted by molar-refractivity contribution is 7.12. The van der Waals surface area contributed by atoms with Gasteiger partial charge in [0.2, 0.25) is 5.91 Å². The second kappa shape index (κ2) is 3.73. The van der Waals surface area contributed by atoms with Gasteiger partial charge in [-0.3, -0.25) is 4.79 Å². The zero-order valence-electron chi connectivity index (χ0n) is 8.43. The van der Waals surface area contributed by atoms with Gasteiger partial charge in [-0.2, -0.15) is 0 Å². The van der Waals surface area contributed by atoms with Crippen LogP contribution in [0, 0.1) is 6.92 Å². The van der Waals surface area contributed by atoms with Gasteiger partial charge in [0.05, 0.1) is 5.56 Å². The summed E-state index contributed by atoms with van der Waals surface area (Å²) in [5, 5.41) is 0. The van der Waals surface area contributed by atoms with Crippen molar-refractivity contribution in [3.8, 4) is 0 Å². The van der Waals surface area contributed by atoms with Crippen LogP contribution in [0.2, 0.25) is 0 Å². The highest BCUT2D eigenvalue weighted by Crippen LogP contribution is 2.32. The molecule has 0 unspecified atom stereocenters. The number of hydrogen-bond acceptors (Lipinski definition) is 2. The molecule has 1 aliphatic rings. The lowest BCUT2D eigenvalue weighted by Gasteiger charge is -2.00. The standard InChI is InChI=1S/C11H15NOS/c1-7-10(11(12)13)8-5-3-2-4-6-9(8)14-7/h2-6H2,1H3,(H2,12,13). The number of hydrogen-bond donors (Lipinski definition) is 1. The number of rotatable bonds is 1. The minimum absolute atomic E-state index is 0.248. The van der Waals surface area contributed by atoms with Crippen LogP contribution in [0.1, 0.15) is 44.9 Å². The van der Waals surface area contributed by atoms with Gasteiger partial charge >= 0.3 is 0 Å². The molecule has 14 heavy (non-hydrogen) atoms. The molecular weight excluding hydrogens is 194 g/mol. The molecule has 0 saturated carbocycles. The van der Waals surface area contributed by atoms with E-state index in [-0.39, 0.29) is 5.91 Å². The van der Waals surface area contributed by atoms with Crippen LogP contribution < -0.4 is 5.73 Å². The zero-order valence-corrected chi connectivity index (χ0v) is 9.25.